The van der Waals surface area contributed by atoms with Gasteiger partial charge in [0, 0.05) is 18.9 Å². The Bertz CT molecular complexity index is 659. The molecule has 3 rings (SSSR count). The van der Waals surface area contributed by atoms with Crippen molar-refractivity contribution in [3.05, 3.63) is 90.0 Å². The molecule has 1 heterocycles. The molecule has 3 aromatic rings. The van der Waals surface area contributed by atoms with E-state index in [0.717, 1.165) is 17.9 Å². The van der Waals surface area contributed by atoms with E-state index in [9.17, 15) is 0 Å². The molecule has 1 atom stereocenters. The lowest BCUT2D eigenvalue weighted by atomic mass is 10.1. The van der Waals surface area contributed by atoms with Crippen molar-refractivity contribution in [1.82, 2.24) is 9.55 Å². The number of rotatable bonds is 4. The molecule has 0 aliphatic heterocycles. The molecule has 0 unspecified atom stereocenters. The zero-order valence-electron chi connectivity index (χ0n) is 11.2. The van der Waals surface area contributed by atoms with Crippen LogP contribution < -0.4 is 5.73 Å². The Labute approximate surface area is 118 Å². The average Bonchev–Trinajstić information content (AvgIpc) is 2.96. The molecule has 0 aliphatic rings. The fourth-order valence-corrected chi connectivity index (χ4v) is 2.32. The van der Waals surface area contributed by atoms with Crippen LogP contribution in [0.25, 0.3) is 0 Å². The summed E-state index contributed by atoms with van der Waals surface area (Å²) in [6.45, 7) is 0.788. The summed E-state index contributed by atoms with van der Waals surface area (Å²) in [6, 6.07) is 20.2. The Morgan fingerprint density at radius 3 is 2.30 bits per heavy atom. The molecule has 3 heteroatoms. The molecule has 2 N–H and O–H groups in total. The van der Waals surface area contributed by atoms with E-state index in [-0.39, 0.29) is 6.04 Å². The van der Waals surface area contributed by atoms with Gasteiger partial charge in [0.1, 0.15) is 5.82 Å². The van der Waals surface area contributed by atoms with Gasteiger partial charge in [-0.05, 0) is 11.1 Å². The summed E-state index contributed by atoms with van der Waals surface area (Å²) in [7, 11) is 0. The van der Waals surface area contributed by atoms with E-state index >= 15 is 0 Å². The standard InChI is InChI=1S/C17H17N3/c18-16(15-9-5-2-6-10-15)17-19-11-12-20(17)13-14-7-3-1-4-8-14/h1-12,16H,13,18H2/t16-/m0/s1. The fourth-order valence-electron chi connectivity index (χ4n) is 2.32. The Morgan fingerprint density at radius 1 is 0.950 bits per heavy atom. The molecular weight excluding hydrogens is 246 g/mol. The maximum Gasteiger partial charge on any atom is 0.130 e. The molecule has 0 saturated carbocycles. The summed E-state index contributed by atoms with van der Waals surface area (Å²) in [6.07, 6.45) is 3.78. The van der Waals surface area contributed by atoms with Crippen LogP contribution in [0.15, 0.2) is 73.1 Å². The van der Waals surface area contributed by atoms with Crippen LogP contribution in [0.3, 0.4) is 0 Å². The third-order valence-corrected chi connectivity index (χ3v) is 3.38. The lowest BCUT2D eigenvalue weighted by Crippen LogP contribution is -2.18. The SMILES string of the molecule is N[C@@H](c1ccccc1)c1nccn1Cc1ccccc1. The van der Waals surface area contributed by atoms with Crippen LogP contribution in [-0.4, -0.2) is 9.55 Å². The van der Waals surface area contributed by atoms with Gasteiger partial charge >= 0.3 is 0 Å². The lowest BCUT2D eigenvalue weighted by Gasteiger charge is -2.14. The van der Waals surface area contributed by atoms with Gasteiger partial charge in [-0.3, -0.25) is 0 Å². The third-order valence-electron chi connectivity index (χ3n) is 3.38. The van der Waals surface area contributed by atoms with Crippen LogP contribution in [0.1, 0.15) is 23.0 Å². The lowest BCUT2D eigenvalue weighted by molar-refractivity contribution is 0.674. The van der Waals surface area contributed by atoms with Crippen molar-refractivity contribution in [2.24, 2.45) is 5.73 Å². The van der Waals surface area contributed by atoms with Gasteiger partial charge in [-0.1, -0.05) is 60.7 Å². The molecule has 1 aromatic heterocycles. The zero-order chi connectivity index (χ0) is 13.8. The molecule has 0 spiro atoms. The quantitative estimate of drug-likeness (QED) is 0.786. The van der Waals surface area contributed by atoms with Crippen LogP contribution in [0.4, 0.5) is 0 Å². The normalized spacial score (nSPS) is 12.2. The van der Waals surface area contributed by atoms with Gasteiger partial charge in [0.15, 0.2) is 0 Å². The highest BCUT2D eigenvalue weighted by atomic mass is 15.1. The van der Waals surface area contributed by atoms with E-state index < -0.39 is 0 Å². The number of hydrogen-bond acceptors (Lipinski definition) is 2. The van der Waals surface area contributed by atoms with Crippen molar-refractivity contribution in [2.75, 3.05) is 0 Å². The average molecular weight is 263 g/mol. The third kappa shape index (κ3) is 2.63. The molecule has 0 amide bonds. The fraction of sp³-hybridized carbons (Fsp3) is 0.118. The summed E-state index contributed by atoms with van der Waals surface area (Å²) in [5.74, 6) is 0.889. The van der Waals surface area contributed by atoms with Crippen molar-refractivity contribution < 1.29 is 0 Å². The minimum Gasteiger partial charge on any atom is -0.329 e. The molecule has 0 radical (unpaired) electrons. The highest BCUT2D eigenvalue weighted by Crippen LogP contribution is 2.18. The van der Waals surface area contributed by atoms with Crippen LogP contribution >= 0.6 is 0 Å². The minimum absolute atomic E-state index is 0.199. The number of aromatic nitrogens is 2. The largest absolute Gasteiger partial charge is 0.329 e. The van der Waals surface area contributed by atoms with Crippen molar-refractivity contribution in [3.8, 4) is 0 Å². The van der Waals surface area contributed by atoms with Crippen LogP contribution in [0.5, 0.6) is 0 Å². The topological polar surface area (TPSA) is 43.8 Å². The monoisotopic (exact) mass is 263 g/mol. The number of nitrogens with two attached hydrogens (primary N) is 1. The molecule has 0 fully saturated rings. The number of nitrogens with zero attached hydrogens (tertiary/aromatic N) is 2. The van der Waals surface area contributed by atoms with Crippen molar-refractivity contribution in [1.29, 1.82) is 0 Å². The molecule has 0 aliphatic carbocycles. The van der Waals surface area contributed by atoms with Gasteiger partial charge in [-0.25, -0.2) is 4.98 Å². The maximum atomic E-state index is 6.33. The van der Waals surface area contributed by atoms with E-state index in [1.165, 1.54) is 5.56 Å². The first kappa shape index (κ1) is 12.6. The van der Waals surface area contributed by atoms with Gasteiger partial charge in [0.05, 0.1) is 6.04 Å². The van der Waals surface area contributed by atoms with E-state index in [4.69, 9.17) is 5.73 Å². The van der Waals surface area contributed by atoms with Gasteiger partial charge in [0.25, 0.3) is 0 Å². The summed E-state index contributed by atoms with van der Waals surface area (Å²) in [5.41, 5.74) is 8.65. The van der Waals surface area contributed by atoms with Gasteiger partial charge < -0.3 is 10.3 Å². The summed E-state index contributed by atoms with van der Waals surface area (Å²) in [5, 5.41) is 0. The molecular formula is C17H17N3. The highest BCUT2D eigenvalue weighted by Gasteiger charge is 2.14. The first-order valence-corrected chi connectivity index (χ1v) is 6.70. The second-order valence-corrected chi connectivity index (χ2v) is 4.79. The summed E-state index contributed by atoms with van der Waals surface area (Å²) < 4.78 is 2.10. The van der Waals surface area contributed by atoms with E-state index in [1.807, 2.05) is 54.7 Å². The Hall–Kier alpha value is -2.39. The second kappa shape index (κ2) is 5.72. The first-order valence-electron chi connectivity index (χ1n) is 6.70. The van der Waals surface area contributed by atoms with Gasteiger partial charge in [0.2, 0.25) is 0 Å². The first-order chi connectivity index (χ1) is 9.84. The Balaban J connectivity index is 1.87. The van der Waals surface area contributed by atoms with Crippen molar-refractivity contribution in [2.45, 2.75) is 12.6 Å². The van der Waals surface area contributed by atoms with E-state index in [0.29, 0.717) is 0 Å². The molecule has 0 saturated heterocycles. The van der Waals surface area contributed by atoms with Crippen LogP contribution in [0, 0.1) is 0 Å². The van der Waals surface area contributed by atoms with Gasteiger partial charge in [-0.2, -0.15) is 0 Å². The Morgan fingerprint density at radius 2 is 1.60 bits per heavy atom. The minimum atomic E-state index is -0.199. The van der Waals surface area contributed by atoms with E-state index in [1.54, 1.807) is 6.20 Å². The predicted molar refractivity (Wildman–Crippen MR) is 80.2 cm³/mol. The number of benzene rings is 2. The molecule has 20 heavy (non-hydrogen) atoms. The zero-order valence-corrected chi connectivity index (χ0v) is 11.2. The molecule has 0 bridgehead atoms. The van der Waals surface area contributed by atoms with Crippen molar-refractivity contribution in [3.63, 3.8) is 0 Å². The van der Waals surface area contributed by atoms with Gasteiger partial charge in [-0.15, -0.1) is 0 Å². The van der Waals surface area contributed by atoms with Crippen molar-refractivity contribution >= 4 is 0 Å². The van der Waals surface area contributed by atoms with Crippen LogP contribution in [0.2, 0.25) is 0 Å². The van der Waals surface area contributed by atoms with Crippen LogP contribution in [-0.2, 0) is 6.54 Å². The maximum absolute atomic E-state index is 6.33. The molecule has 2 aromatic carbocycles. The highest BCUT2D eigenvalue weighted by molar-refractivity contribution is 5.25. The van der Waals surface area contributed by atoms with E-state index in [2.05, 4.69) is 21.7 Å². The summed E-state index contributed by atoms with van der Waals surface area (Å²) in [4.78, 5) is 4.43. The second-order valence-electron chi connectivity index (χ2n) is 4.79. The Kier molecular flexibility index (Phi) is 3.61. The molecule has 3 nitrogen and oxygen atoms in total. The predicted octanol–water partition coefficient (Wildman–Crippen LogP) is 2.98. The summed E-state index contributed by atoms with van der Waals surface area (Å²) >= 11 is 0. The smallest absolute Gasteiger partial charge is 0.130 e. The molecule has 100 valence electrons. The number of imidazole rings is 1. The number of hydrogen-bond donors (Lipinski definition) is 1.